The van der Waals surface area contributed by atoms with Gasteiger partial charge < -0.3 is 9.84 Å². The molecule has 2 heterocycles. The molecule has 1 unspecified atom stereocenters. The van der Waals surface area contributed by atoms with E-state index in [9.17, 15) is 5.11 Å². The molecular weight excluding hydrogens is 318 g/mol. The lowest BCUT2D eigenvalue weighted by atomic mass is 9.89. The normalized spacial score (nSPS) is 28.3. The molecule has 2 aliphatic heterocycles. The van der Waals surface area contributed by atoms with E-state index < -0.39 is 5.60 Å². The van der Waals surface area contributed by atoms with E-state index in [2.05, 4.69) is 45.1 Å². The summed E-state index contributed by atoms with van der Waals surface area (Å²) in [6.45, 7) is 4.25. The van der Waals surface area contributed by atoms with Gasteiger partial charge in [0.2, 0.25) is 0 Å². The average Bonchev–Trinajstić information content (AvgIpc) is 2.37. The Morgan fingerprint density at radius 3 is 2.95 bits per heavy atom. The van der Waals surface area contributed by atoms with Crippen LogP contribution in [-0.4, -0.2) is 48.5 Å². The number of hydrogen-bond acceptors (Lipinski definition) is 3. The molecular formula is C16H22BrNO2. The molecule has 0 amide bonds. The first kappa shape index (κ1) is 14.5. The number of rotatable bonds is 4. The molecule has 3 nitrogen and oxygen atoms in total. The maximum Gasteiger partial charge on any atom is 0.101 e. The second-order valence-electron chi connectivity index (χ2n) is 6.27. The number of ether oxygens (including phenoxy) is 1. The third-order valence-electron chi connectivity index (χ3n) is 4.27. The highest BCUT2D eigenvalue weighted by Crippen LogP contribution is 2.27. The molecule has 2 saturated heterocycles. The summed E-state index contributed by atoms with van der Waals surface area (Å²) in [6.07, 6.45) is 2.98. The minimum Gasteiger partial charge on any atom is -0.386 e. The van der Waals surface area contributed by atoms with Gasteiger partial charge in [0.05, 0.1) is 6.61 Å². The third-order valence-corrected chi connectivity index (χ3v) is 4.76. The number of likely N-dealkylation sites (tertiary alicyclic amines) is 1. The van der Waals surface area contributed by atoms with Crippen LogP contribution in [0.5, 0.6) is 0 Å². The Labute approximate surface area is 129 Å². The van der Waals surface area contributed by atoms with Crippen molar-refractivity contribution in [3.8, 4) is 0 Å². The molecule has 0 radical (unpaired) electrons. The van der Waals surface area contributed by atoms with Gasteiger partial charge in [0.1, 0.15) is 5.60 Å². The first-order chi connectivity index (χ1) is 9.63. The van der Waals surface area contributed by atoms with Gasteiger partial charge in [0.25, 0.3) is 0 Å². The Balaban J connectivity index is 1.44. The summed E-state index contributed by atoms with van der Waals surface area (Å²) in [6, 6.07) is 8.55. The van der Waals surface area contributed by atoms with Crippen molar-refractivity contribution in [2.75, 3.05) is 32.8 Å². The van der Waals surface area contributed by atoms with Crippen LogP contribution < -0.4 is 0 Å². The van der Waals surface area contributed by atoms with Crippen molar-refractivity contribution < 1.29 is 9.84 Å². The summed E-state index contributed by atoms with van der Waals surface area (Å²) in [5.41, 5.74) is 0.780. The summed E-state index contributed by atoms with van der Waals surface area (Å²) in [5, 5.41) is 10.4. The third kappa shape index (κ3) is 3.61. The average molecular weight is 340 g/mol. The number of halogens is 1. The van der Waals surface area contributed by atoms with Crippen molar-refractivity contribution in [2.24, 2.45) is 5.92 Å². The monoisotopic (exact) mass is 339 g/mol. The van der Waals surface area contributed by atoms with Crippen molar-refractivity contribution in [3.05, 3.63) is 34.3 Å². The topological polar surface area (TPSA) is 32.7 Å². The Morgan fingerprint density at radius 1 is 1.40 bits per heavy atom. The number of β-amino-alcohol motifs (C(OH)–C–C–N with tert-alkyl or cyclic N) is 1. The molecule has 0 saturated carbocycles. The summed E-state index contributed by atoms with van der Waals surface area (Å²) in [4.78, 5) is 2.36. The van der Waals surface area contributed by atoms with E-state index in [1.54, 1.807) is 0 Å². The Bertz CT molecular complexity index is 454. The fraction of sp³-hybridized carbons (Fsp3) is 0.625. The maximum atomic E-state index is 10.4. The van der Waals surface area contributed by atoms with E-state index in [1.807, 2.05) is 0 Å². The molecule has 2 aliphatic rings. The highest BCUT2D eigenvalue weighted by Gasteiger charge is 2.36. The molecule has 2 fully saturated rings. The SMILES string of the molecule is OC1(CN2CC(Cc3cccc(Br)c3)C2)CCCOC1. The lowest BCUT2D eigenvalue weighted by Crippen LogP contribution is -2.56. The van der Waals surface area contributed by atoms with E-state index in [4.69, 9.17) is 4.74 Å². The van der Waals surface area contributed by atoms with E-state index in [1.165, 1.54) is 5.56 Å². The van der Waals surface area contributed by atoms with Crippen LogP contribution in [0.25, 0.3) is 0 Å². The molecule has 0 spiro atoms. The number of benzene rings is 1. The number of hydrogen-bond donors (Lipinski definition) is 1. The van der Waals surface area contributed by atoms with Crippen molar-refractivity contribution in [2.45, 2.75) is 24.9 Å². The zero-order valence-electron chi connectivity index (χ0n) is 11.7. The quantitative estimate of drug-likeness (QED) is 0.914. The summed E-state index contributed by atoms with van der Waals surface area (Å²) in [7, 11) is 0. The van der Waals surface area contributed by atoms with Crippen LogP contribution in [-0.2, 0) is 11.2 Å². The van der Waals surface area contributed by atoms with Gasteiger partial charge in [-0.2, -0.15) is 0 Å². The first-order valence-electron chi connectivity index (χ1n) is 7.40. The predicted molar refractivity (Wildman–Crippen MR) is 82.8 cm³/mol. The van der Waals surface area contributed by atoms with Crippen molar-refractivity contribution in [1.29, 1.82) is 0 Å². The molecule has 1 aromatic carbocycles. The maximum absolute atomic E-state index is 10.4. The van der Waals surface area contributed by atoms with Crippen LogP contribution >= 0.6 is 15.9 Å². The van der Waals surface area contributed by atoms with E-state index in [0.29, 0.717) is 6.61 Å². The standard InChI is InChI=1S/C16H22BrNO2/c17-15-4-1-3-13(8-15)7-14-9-18(10-14)11-16(19)5-2-6-20-12-16/h1,3-4,8,14,19H,2,5-7,9-12H2. The van der Waals surface area contributed by atoms with Crippen LogP contribution in [0.1, 0.15) is 18.4 Å². The molecule has 0 aromatic heterocycles. The second-order valence-corrected chi connectivity index (χ2v) is 7.19. The Morgan fingerprint density at radius 2 is 2.25 bits per heavy atom. The van der Waals surface area contributed by atoms with Gasteiger partial charge in [0, 0.05) is 30.7 Å². The van der Waals surface area contributed by atoms with E-state index in [0.717, 1.165) is 55.9 Å². The lowest BCUT2D eigenvalue weighted by molar-refractivity contribution is -0.112. The van der Waals surface area contributed by atoms with Gasteiger partial charge in [-0.15, -0.1) is 0 Å². The molecule has 0 bridgehead atoms. The smallest absolute Gasteiger partial charge is 0.101 e. The Hall–Kier alpha value is -0.420. The Kier molecular flexibility index (Phi) is 4.46. The highest BCUT2D eigenvalue weighted by molar-refractivity contribution is 9.10. The zero-order chi connectivity index (χ0) is 14.0. The fourth-order valence-electron chi connectivity index (χ4n) is 3.31. The highest BCUT2D eigenvalue weighted by atomic mass is 79.9. The number of aliphatic hydroxyl groups is 1. The van der Waals surface area contributed by atoms with Gasteiger partial charge in [-0.25, -0.2) is 0 Å². The van der Waals surface area contributed by atoms with Gasteiger partial charge >= 0.3 is 0 Å². The molecule has 20 heavy (non-hydrogen) atoms. The van der Waals surface area contributed by atoms with Crippen LogP contribution in [0, 0.1) is 5.92 Å². The molecule has 1 atom stereocenters. The minimum absolute atomic E-state index is 0.500. The largest absolute Gasteiger partial charge is 0.386 e. The van der Waals surface area contributed by atoms with Gasteiger partial charge in [-0.05, 0) is 42.9 Å². The van der Waals surface area contributed by atoms with Crippen LogP contribution in [0.15, 0.2) is 28.7 Å². The molecule has 110 valence electrons. The minimum atomic E-state index is -0.612. The van der Waals surface area contributed by atoms with Crippen molar-refractivity contribution >= 4 is 15.9 Å². The van der Waals surface area contributed by atoms with Crippen LogP contribution in [0.4, 0.5) is 0 Å². The van der Waals surface area contributed by atoms with Crippen molar-refractivity contribution in [3.63, 3.8) is 0 Å². The van der Waals surface area contributed by atoms with Gasteiger partial charge in [-0.1, -0.05) is 28.1 Å². The van der Waals surface area contributed by atoms with Crippen molar-refractivity contribution in [1.82, 2.24) is 4.90 Å². The summed E-state index contributed by atoms with van der Waals surface area (Å²) >= 11 is 3.52. The number of nitrogens with zero attached hydrogens (tertiary/aromatic N) is 1. The van der Waals surface area contributed by atoms with Gasteiger partial charge in [0.15, 0.2) is 0 Å². The zero-order valence-corrected chi connectivity index (χ0v) is 13.3. The van der Waals surface area contributed by atoms with E-state index >= 15 is 0 Å². The molecule has 4 heteroatoms. The molecule has 1 N–H and O–H groups in total. The molecule has 1 aromatic rings. The van der Waals surface area contributed by atoms with E-state index in [-0.39, 0.29) is 0 Å². The second kappa shape index (κ2) is 6.14. The molecule has 0 aliphatic carbocycles. The van der Waals surface area contributed by atoms with Crippen LogP contribution in [0.3, 0.4) is 0 Å². The summed E-state index contributed by atoms with van der Waals surface area (Å²) in [5.74, 6) is 0.720. The molecule has 3 rings (SSSR count). The van der Waals surface area contributed by atoms with Gasteiger partial charge in [-0.3, -0.25) is 4.90 Å². The summed E-state index contributed by atoms with van der Waals surface area (Å²) < 4.78 is 6.56. The lowest BCUT2D eigenvalue weighted by Gasteiger charge is -2.45. The first-order valence-corrected chi connectivity index (χ1v) is 8.19. The fourth-order valence-corrected chi connectivity index (χ4v) is 3.76. The van der Waals surface area contributed by atoms with Crippen LogP contribution in [0.2, 0.25) is 0 Å². The predicted octanol–water partition coefficient (Wildman–Crippen LogP) is 2.46.